The first-order valence-corrected chi connectivity index (χ1v) is 9.90. The summed E-state index contributed by atoms with van der Waals surface area (Å²) >= 11 is 0. The third-order valence-corrected chi connectivity index (χ3v) is 5.32. The number of aromatic nitrogens is 3. The van der Waals surface area contributed by atoms with Crippen molar-refractivity contribution < 1.29 is 23.1 Å². The van der Waals surface area contributed by atoms with E-state index in [0.29, 0.717) is 44.1 Å². The molecule has 3 heterocycles. The molecule has 0 atom stereocenters. The van der Waals surface area contributed by atoms with Crippen molar-refractivity contribution in [3.8, 4) is 11.5 Å². The number of aliphatic hydroxyl groups excluding tert-OH is 1. The summed E-state index contributed by atoms with van der Waals surface area (Å²) in [6.45, 7) is 2.91. The second kappa shape index (κ2) is 8.56. The maximum atomic E-state index is 13.3. The van der Waals surface area contributed by atoms with E-state index in [9.17, 15) is 18.0 Å². The molecule has 4 rings (SSSR count). The van der Waals surface area contributed by atoms with Crippen LogP contribution in [0.5, 0.6) is 0 Å². The molecule has 1 aromatic carbocycles. The van der Waals surface area contributed by atoms with Crippen LogP contribution in [-0.4, -0.2) is 74.5 Å². The third-order valence-electron chi connectivity index (χ3n) is 5.32. The number of alkyl halides is 3. The number of hydrogen-bond donors (Lipinski definition) is 1. The highest BCUT2D eigenvalue weighted by Crippen LogP contribution is 2.31. The molecule has 0 aliphatic carbocycles. The summed E-state index contributed by atoms with van der Waals surface area (Å²) in [5.41, 5.74) is -0.263. The van der Waals surface area contributed by atoms with Crippen LogP contribution in [0, 0.1) is 0 Å². The molecule has 1 N–H and O–H groups in total. The van der Waals surface area contributed by atoms with Gasteiger partial charge in [0.25, 0.3) is 5.91 Å². The number of piperazine rings is 1. The SMILES string of the molecule is O=C(c1cnn(-c2cccc(C(F)(F)F)c2)c1-n1cccc1)N1CCN(CCO)CC1. The van der Waals surface area contributed by atoms with Gasteiger partial charge in [-0.15, -0.1) is 0 Å². The summed E-state index contributed by atoms with van der Waals surface area (Å²) in [5.74, 6) is 0.151. The molecular weight excluding hydrogens is 411 g/mol. The van der Waals surface area contributed by atoms with Crippen molar-refractivity contribution in [3.05, 3.63) is 66.1 Å². The molecule has 1 saturated heterocycles. The lowest BCUT2D eigenvalue weighted by molar-refractivity contribution is -0.137. The fourth-order valence-corrected chi connectivity index (χ4v) is 3.71. The average Bonchev–Trinajstić information content (AvgIpc) is 3.43. The van der Waals surface area contributed by atoms with Crippen LogP contribution in [-0.2, 0) is 6.18 Å². The minimum atomic E-state index is -4.48. The van der Waals surface area contributed by atoms with Gasteiger partial charge in [0.05, 0.1) is 24.1 Å². The molecule has 3 aromatic rings. The highest BCUT2D eigenvalue weighted by molar-refractivity contribution is 5.97. The van der Waals surface area contributed by atoms with Crippen molar-refractivity contribution in [2.45, 2.75) is 6.18 Å². The predicted molar refractivity (Wildman–Crippen MR) is 107 cm³/mol. The van der Waals surface area contributed by atoms with E-state index in [1.807, 2.05) is 0 Å². The monoisotopic (exact) mass is 433 g/mol. The van der Waals surface area contributed by atoms with Crippen LogP contribution in [0.25, 0.3) is 11.5 Å². The fraction of sp³-hybridized carbons (Fsp3) is 0.333. The van der Waals surface area contributed by atoms with Gasteiger partial charge in [0, 0.05) is 45.1 Å². The molecule has 1 aliphatic heterocycles. The van der Waals surface area contributed by atoms with Crippen molar-refractivity contribution in [1.82, 2.24) is 24.1 Å². The van der Waals surface area contributed by atoms with E-state index < -0.39 is 11.7 Å². The minimum absolute atomic E-state index is 0.0650. The number of aliphatic hydroxyl groups is 1. The molecule has 1 amide bonds. The van der Waals surface area contributed by atoms with Crippen molar-refractivity contribution in [2.24, 2.45) is 0 Å². The van der Waals surface area contributed by atoms with E-state index in [4.69, 9.17) is 5.11 Å². The number of carbonyl (C=O) groups excluding carboxylic acids is 1. The van der Waals surface area contributed by atoms with E-state index in [0.717, 1.165) is 12.1 Å². The van der Waals surface area contributed by atoms with Crippen molar-refractivity contribution >= 4 is 5.91 Å². The van der Waals surface area contributed by atoms with E-state index in [1.54, 1.807) is 34.0 Å². The lowest BCUT2D eigenvalue weighted by atomic mass is 10.2. The molecule has 1 aliphatic rings. The van der Waals surface area contributed by atoms with Gasteiger partial charge in [-0.05, 0) is 30.3 Å². The molecule has 0 unspecified atom stereocenters. The van der Waals surface area contributed by atoms with E-state index in [-0.39, 0.29) is 18.2 Å². The molecule has 0 radical (unpaired) electrons. The molecule has 1 fully saturated rings. The smallest absolute Gasteiger partial charge is 0.395 e. The highest BCUT2D eigenvalue weighted by Gasteiger charge is 2.31. The number of halogens is 3. The van der Waals surface area contributed by atoms with Crippen molar-refractivity contribution in [1.29, 1.82) is 0 Å². The van der Waals surface area contributed by atoms with E-state index in [1.165, 1.54) is 23.0 Å². The molecule has 7 nitrogen and oxygen atoms in total. The molecule has 10 heteroatoms. The molecule has 2 aromatic heterocycles. The van der Waals surface area contributed by atoms with Gasteiger partial charge in [0.15, 0.2) is 5.82 Å². The number of rotatable bonds is 5. The third kappa shape index (κ3) is 4.35. The Kier molecular flexibility index (Phi) is 5.84. The summed E-state index contributed by atoms with van der Waals surface area (Å²) < 4.78 is 42.6. The molecule has 0 bridgehead atoms. The number of carbonyl (C=O) groups is 1. The Bertz CT molecular complexity index is 1040. The maximum absolute atomic E-state index is 13.3. The van der Waals surface area contributed by atoms with Gasteiger partial charge < -0.3 is 14.6 Å². The summed E-state index contributed by atoms with van der Waals surface area (Å²) in [5, 5.41) is 13.4. The van der Waals surface area contributed by atoms with Gasteiger partial charge in [-0.2, -0.15) is 18.3 Å². The highest BCUT2D eigenvalue weighted by atomic mass is 19.4. The first kappa shape index (κ1) is 21.1. The standard InChI is InChI=1S/C21H22F3N5O2/c22-21(23,24)16-4-3-5-17(14-16)29-19(27-6-1-2-7-27)18(15-25-29)20(31)28-10-8-26(9-11-28)12-13-30/h1-7,14-15,30H,8-13H2. The molecule has 0 spiro atoms. The minimum Gasteiger partial charge on any atom is -0.395 e. The number of β-amino-alcohol motifs (C(OH)–C–C–N with tert-alkyl or cyclic N) is 1. The zero-order valence-electron chi connectivity index (χ0n) is 16.7. The second-order valence-corrected chi connectivity index (χ2v) is 7.29. The first-order valence-electron chi connectivity index (χ1n) is 9.90. The lowest BCUT2D eigenvalue weighted by Crippen LogP contribution is -2.49. The quantitative estimate of drug-likeness (QED) is 0.671. The fourth-order valence-electron chi connectivity index (χ4n) is 3.71. The Hall–Kier alpha value is -3.11. The largest absolute Gasteiger partial charge is 0.416 e. The van der Waals surface area contributed by atoms with Gasteiger partial charge in [-0.25, -0.2) is 4.68 Å². The summed E-state index contributed by atoms with van der Waals surface area (Å²) in [6, 6.07) is 8.40. The topological polar surface area (TPSA) is 66.5 Å². The second-order valence-electron chi connectivity index (χ2n) is 7.29. The van der Waals surface area contributed by atoms with Crippen LogP contribution in [0.1, 0.15) is 15.9 Å². The predicted octanol–water partition coefficient (Wildman–Crippen LogP) is 2.43. The van der Waals surface area contributed by atoms with Gasteiger partial charge in [-0.1, -0.05) is 6.07 Å². The van der Waals surface area contributed by atoms with Crippen LogP contribution in [0.4, 0.5) is 13.2 Å². The van der Waals surface area contributed by atoms with Gasteiger partial charge in [0.2, 0.25) is 0 Å². The van der Waals surface area contributed by atoms with Gasteiger partial charge >= 0.3 is 6.18 Å². The Morgan fingerprint density at radius 1 is 1.06 bits per heavy atom. The number of benzene rings is 1. The Morgan fingerprint density at radius 3 is 2.42 bits per heavy atom. The Labute approximate surface area is 176 Å². The van der Waals surface area contributed by atoms with Gasteiger partial charge in [-0.3, -0.25) is 9.69 Å². The number of nitrogens with zero attached hydrogens (tertiary/aromatic N) is 5. The van der Waals surface area contributed by atoms with Crippen LogP contribution in [0.2, 0.25) is 0 Å². The Morgan fingerprint density at radius 2 is 1.77 bits per heavy atom. The zero-order chi connectivity index (χ0) is 22.0. The molecular formula is C21H22F3N5O2. The van der Waals surface area contributed by atoms with Crippen LogP contribution < -0.4 is 0 Å². The van der Waals surface area contributed by atoms with Crippen LogP contribution in [0.15, 0.2) is 55.0 Å². The summed E-state index contributed by atoms with van der Waals surface area (Å²) in [7, 11) is 0. The maximum Gasteiger partial charge on any atom is 0.416 e. The van der Waals surface area contributed by atoms with E-state index in [2.05, 4.69) is 10.00 Å². The van der Waals surface area contributed by atoms with Crippen LogP contribution in [0.3, 0.4) is 0 Å². The zero-order valence-corrected chi connectivity index (χ0v) is 16.7. The van der Waals surface area contributed by atoms with Crippen molar-refractivity contribution in [3.63, 3.8) is 0 Å². The van der Waals surface area contributed by atoms with Crippen LogP contribution >= 0.6 is 0 Å². The molecule has 164 valence electrons. The van der Waals surface area contributed by atoms with Gasteiger partial charge in [0.1, 0.15) is 5.56 Å². The summed E-state index contributed by atoms with van der Waals surface area (Å²) in [6.07, 6.45) is 0.357. The number of amides is 1. The summed E-state index contributed by atoms with van der Waals surface area (Å²) in [4.78, 5) is 17.0. The molecule has 31 heavy (non-hydrogen) atoms. The normalized spacial score (nSPS) is 15.4. The van der Waals surface area contributed by atoms with E-state index >= 15 is 0 Å². The average molecular weight is 433 g/mol. The Balaban J connectivity index is 1.70. The first-order chi connectivity index (χ1) is 14.9. The van der Waals surface area contributed by atoms with Crippen molar-refractivity contribution in [2.75, 3.05) is 39.3 Å². The molecule has 0 saturated carbocycles. The lowest BCUT2D eigenvalue weighted by Gasteiger charge is -2.34. The number of hydrogen-bond acceptors (Lipinski definition) is 4.